The van der Waals surface area contributed by atoms with Crippen LogP contribution in [0.1, 0.15) is 33.6 Å². The number of carbonyl (C=O) groups is 1. The molecular formula is C11H22N2O2S2. The lowest BCUT2D eigenvalue weighted by Gasteiger charge is -2.39. The van der Waals surface area contributed by atoms with E-state index < -0.39 is 6.10 Å². The largest absolute Gasteiger partial charge is 0.383 e. The quantitative estimate of drug-likeness (QED) is 0.414. The predicted octanol–water partition coefficient (Wildman–Crippen LogP) is 1.47. The molecule has 1 unspecified atom stereocenters. The molecule has 1 fully saturated rings. The molecule has 0 spiro atoms. The number of thiol groups is 1. The van der Waals surface area contributed by atoms with E-state index in [1.165, 1.54) is 11.0 Å². The second-order valence-corrected chi connectivity index (χ2v) is 6.42. The maximum atomic E-state index is 11.8. The fraction of sp³-hybridized carbons (Fsp3) is 0.909. The Hall–Kier alpha value is 0.0900. The number of aliphatic hydroxyl groups excluding tert-OH is 1. The minimum atomic E-state index is -0.913. The summed E-state index contributed by atoms with van der Waals surface area (Å²) in [5.74, 6) is -0.304. The van der Waals surface area contributed by atoms with Crippen molar-refractivity contribution in [1.29, 1.82) is 0 Å². The van der Waals surface area contributed by atoms with Gasteiger partial charge >= 0.3 is 0 Å². The maximum absolute atomic E-state index is 11.8. The van der Waals surface area contributed by atoms with Crippen LogP contribution >= 0.6 is 22.6 Å². The van der Waals surface area contributed by atoms with Gasteiger partial charge in [-0.25, -0.2) is 4.31 Å². The number of rotatable bonds is 4. The Morgan fingerprint density at radius 1 is 1.47 bits per heavy atom. The Kier molecular flexibility index (Phi) is 5.63. The third-order valence-electron chi connectivity index (χ3n) is 3.27. The van der Waals surface area contributed by atoms with E-state index in [1.807, 2.05) is 20.8 Å². The van der Waals surface area contributed by atoms with Crippen LogP contribution < -0.4 is 5.32 Å². The first-order valence-electron chi connectivity index (χ1n) is 5.94. The van der Waals surface area contributed by atoms with Crippen LogP contribution in [0.5, 0.6) is 0 Å². The summed E-state index contributed by atoms with van der Waals surface area (Å²) in [5.41, 5.74) is -0.201. The molecule has 1 aliphatic heterocycles. The molecule has 1 amide bonds. The molecule has 4 nitrogen and oxygen atoms in total. The Balaban J connectivity index is 2.48. The Morgan fingerprint density at radius 2 is 2.00 bits per heavy atom. The summed E-state index contributed by atoms with van der Waals surface area (Å²) in [6.45, 7) is 7.53. The molecule has 2 N–H and O–H groups in total. The van der Waals surface area contributed by atoms with Crippen LogP contribution in [-0.4, -0.2) is 40.1 Å². The fourth-order valence-electron chi connectivity index (χ4n) is 1.86. The second kappa shape index (κ2) is 6.31. The van der Waals surface area contributed by atoms with Gasteiger partial charge in [0.05, 0.1) is 0 Å². The molecule has 0 bridgehead atoms. The van der Waals surface area contributed by atoms with Gasteiger partial charge < -0.3 is 10.4 Å². The van der Waals surface area contributed by atoms with Crippen molar-refractivity contribution in [2.75, 3.05) is 13.1 Å². The van der Waals surface area contributed by atoms with E-state index in [-0.39, 0.29) is 17.4 Å². The lowest BCUT2D eigenvalue weighted by Crippen LogP contribution is -2.55. The number of amides is 1. The van der Waals surface area contributed by atoms with E-state index in [0.29, 0.717) is 0 Å². The van der Waals surface area contributed by atoms with Gasteiger partial charge in [0, 0.05) is 18.6 Å². The minimum Gasteiger partial charge on any atom is -0.383 e. The van der Waals surface area contributed by atoms with Crippen molar-refractivity contribution in [2.24, 2.45) is 5.92 Å². The molecule has 0 aromatic carbocycles. The Morgan fingerprint density at radius 3 is 2.41 bits per heavy atom. The van der Waals surface area contributed by atoms with E-state index in [9.17, 15) is 9.90 Å². The average Bonchev–Trinajstić information content (AvgIpc) is 2.28. The van der Waals surface area contributed by atoms with Crippen molar-refractivity contribution >= 4 is 28.5 Å². The first kappa shape index (κ1) is 15.1. The van der Waals surface area contributed by atoms with Gasteiger partial charge in [-0.2, -0.15) is 0 Å². The molecule has 100 valence electrons. The highest BCUT2D eigenvalue weighted by Gasteiger charge is 2.33. The normalized spacial score (nSPS) is 22.5. The van der Waals surface area contributed by atoms with Gasteiger partial charge in [-0.15, -0.1) is 0 Å². The summed E-state index contributed by atoms with van der Waals surface area (Å²) in [7, 11) is 1.44. The molecule has 0 saturated carbocycles. The molecule has 17 heavy (non-hydrogen) atoms. The predicted molar refractivity (Wildman–Crippen MR) is 74.8 cm³/mol. The molecule has 1 aliphatic rings. The van der Waals surface area contributed by atoms with Crippen LogP contribution in [0, 0.1) is 5.92 Å². The summed E-state index contributed by atoms with van der Waals surface area (Å²) in [4.78, 5) is 11.8. The lowest BCUT2D eigenvalue weighted by molar-refractivity contribution is -0.133. The van der Waals surface area contributed by atoms with E-state index in [2.05, 4.69) is 21.3 Å². The molecule has 6 heteroatoms. The molecule has 1 atom stereocenters. The van der Waals surface area contributed by atoms with Crippen LogP contribution in [0.15, 0.2) is 0 Å². The molecule has 0 aromatic rings. The number of piperidine rings is 1. The van der Waals surface area contributed by atoms with Crippen molar-refractivity contribution in [2.45, 2.75) is 45.3 Å². The molecule has 0 radical (unpaired) electrons. The molecule has 0 aromatic heterocycles. The Labute approximate surface area is 112 Å². The zero-order valence-electron chi connectivity index (χ0n) is 10.6. The van der Waals surface area contributed by atoms with Gasteiger partial charge in [0.1, 0.15) is 6.10 Å². The standard InChI is InChI=1S/C11H22N2O2S2/c1-8(2)9(14)10(15)12-11(3)4-6-13(17-16)7-5-11/h8-9,14,16H,4-7H2,1-3H3,(H,12,15). The monoisotopic (exact) mass is 278 g/mol. The number of nitrogens with zero attached hydrogens (tertiary/aromatic N) is 1. The van der Waals surface area contributed by atoms with Crippen LogP contribution in [0.3, 0.4) is 0 Å². The average molecular weight is 278 g/mol. The van der Waals surface area contributed by atoms with Crippen molar-refractivity contribution in [3.05, 3.63) is 0 Å². The van der Waals surface area contributed by atoms with Crippen LogP contribution in [0.2, 0.25) is 0 Å². The smallest absolute Gasteiger partial charge is 0.249 e. The fourth-order valence-corrected chi connectivity index (χ4v) is 2.70. The molecule has 1 saturated heterocycles. The first-order valence-corrected chi connectivity index (χ1v) is 7.77. The maximum Gasteiger partial charge on any atom is 0.249 e. The number of hydrogen-bond donors (Lipinski definition) is 3. The van der Waals surface area contributed by atoms with E-state index in [0.717, 1.165) is 25.9 Å². The van der Waals surface area contributed by atoms with E-state index in [1.54, 1.807) is 0 Å². The number of nitrogens with one attached hydrogen (secondary N) is 1. The van der Waals surface area contributed by atoms with Gasteiger partial charge in [0.25, 0.3) is 0 Å². The van der Waals surface area contributed by atoms with Crippen LogP contribution in [0.25, 0.3) is 0 Å². The van der Waals surface area contributed by atoms with Crippen molar-refractivity contribution in [3.63, 3.8) is 0 Å². The van der Waals surface area contributed by atoms with Gasteiger partial charge in [0.15, 0.2) is 0 Å². The molecular weight excluding hydrogens is 256 g/mol. The third kappa shape index (κ3) is 4.35. The molecule has 0 aliphatic carbocycles. The first-order chi connectivity index (χ1) is 7.88. The van der Waals surface area contributed by atoms with Crippen molar-refractivity contribution < 1.29 is 9.90 Å². The zero-order valence-corrected chi connectivity index (χ0v) is 12.4. The number of carbonyl (C=O) groups excluding carboxylic acids is 1. The van der Waals surface area contributed by atoms with Gasteiger partial charge in [-0.05, 0) is 36.7 Å². The summed E-state index contributed by atoms with van der Waals surface area (Å²) in [6, 6.07) is 0. The van der Waals surface area contributed by atoms with Gasteiger partial charge in [-0.3, -0.25) is 4.79 Å². The third-order valence-corrected chi connectivity index (χ3v) is 4.56. The molecule has 1 rings (SSSR count). The number of hydrogen-bond acceptors (Lipinski definition) is 5. The highest BCUT2D eigenvalue weighted by Crippen LogP contribution is 2.27. The van der Waals surface area contributed by atoms with Crippen LogP contribution in [-0.2, 0) is 4.79 Å². The minimum absolute atomic E-state index is 0.0494. The number of aliphatic hydroxyl groups is 1. The molecule has 1 heterocycles. The topological polar surface area (TPSA) is 52.6 Å². The van der Waals surface area contributed by atoms with E-state index in [4.69, 9.17) is 0 Å². The lowest BCUT2D eigenvalue weighted by atomic mass is 9.90. The Bertz CT molecular complexity index is 266. The van der Waals surface area contributed by atoms with Crippen molar-refractivity contribution in [1.82, 2.24) is 9.62 Å². The SMILES string of the molecule is CC(C)C(O)C(=O)NC1(C)CCN(SS)CC1. The van der Waals surface area contributed by atoms with Crippen LogP contribution in [0.4, 0.5) is 0 Å². The summed E-state index contributed by atoms with van der Waals surface area (Å²) >= 11 is 4.17. The van der Waals surface area contributed by atoms with Gasteiger partial charge in [-0.1, -0.05) is 25.5 Å². The zero-order chi connectivity index (χ0) is 13.1. The van der Waals surface area contributed by atoms with Gasteiger partial charge in [0.2, 0.25) is 5.91 Å². The highest BCUT2D eigenvalue weighted by molar-refractivity contribution is 8.67. The summed E-state index contributed by atoms with van der Waals surface area (Å²) < 4.78 is 2.16. The summed E-state index contributed by atoms with van der Waals surface area (Å²) in [5, 5.41) is 12.7. The summed E-state index contributed by atoms with van der Waals surface area (Å²) in [6.07, 6.45) is 0.859. The van der Waals surface area contributed by atoms with Crippen molar-refractivity contribution in [3.8, 4) is 0 Å². The second-order valence-electron chi connectivity index (χ2n) is 5.25. The van der Waals surface area contributed by atoms with E-state index >= 15 is 0 Å². The highest BCUT2D eigenvalue weighted by atomic mass is 33.1.